The number of ether oxygens (including phenoxy) is 1. The molecule has 0 radical (unpaired) electrons. The quantitative estimate of drug-likeness (QED) is 0.658. The summed E-state index contributed by atoms with van der Waals surface area (Å²) in [6, 6.07) is -1.41. The van der Waals surface area contributed by atoms with Crippen molar-refractivity contribution in [1.29, 1.82) is 0 Å². The first-order chi connectivity index (χ1) is 8.29. The average Bonchev–Trinajstić information content (AvgIpc) is 2.31. The second-order valence-electron chi connectivity index (χ2n) is 4.18. The molecule has 0 saturated carbocycles. The van der Waals surface area contributed by atoms with E-state index in [-0.39, 0.29) is 22.7 Å². The fourth-order valence-electron chi connectivity index (χ4n) is 1.09. The number of carbonyl (C=O) groups is 3. The minimum absolute atomic E-state index is 0.0299. The lowest BCUT2D eigenvalue weighted by Crippen LogP contribution is -2.43. The van der Waals surface area contributed by atoms with Gasteiger partial charge in [-0.2, -0.15) is 0 Å². The highest BCUT2D eigenvalue weighted by molar-refractivity contribution is 8.13. The summed E-state index contributed by atoms with van der Waals surface area (Å²) in [4.78, 5) is 34.0. The number of hydrogen-bond acceptors (Lipinski definition) is 6. The van der Waals surface area contributed by atoms with Gasteiger partial charge in [-0.15, -0.1) is 0 Å². The molecule has 0 heterocycles. The molecule has 104 valence electrons. The van der Waals surface area contributed by atoms with Gasteiger partial charge in [-0.1, -0.05) is 25.6 Å². The second-order valence-corrected chi connectivity index (χ2v) is 5.20. The van der Waals surface area contributed by atoms with Gasteiger partial charge in [0.15, 0.2) is 0 Å². The van der Waals surface area contributed by atoms with Crippen LogP contribution < -0.4 is 11.1 Å². The van der Waals surface area contributed by atoms with E-state index in [0.717, 1.165) is 11.8 Å². The zero-order chi connectivity index (χ0) is 14.3. The first-order valence-corrected chi connectivity index (χ1v) is 6.55. The third kappa shape index (κ3) is 6.02. The zero-order valence-electron chi connectivity index (χ0n) is 11.1. The molecule has 0 aliphatic carbocycles. The molecule has 2 atom stereocenters. The van der Waals surface area contributed by atoms with Gasteiger partial charge in [0.25, 0.3) is 0 Å². The predicted octanol–water partition coefficient (Wildman–Crippen LogP) is -0.0928. The number of rotatable bonds is 6. The summed E-state index contributed by atoms with van der Waals surface area (Å²) >= 11 is 0.927. The topological polar surface area (TPSA) is 98.5 Å². The minimum Gasteiger partial charge on any atom is -0.467 e. The van der Waals surface area contributed by atoms with Crippen LogP contribution in [0.25, 0.3) is 0 Å². The number of hydrogen-bond donors (Lipinski definition) is 2. The number of amides is 1. The molecule has 0 fully saturated rings. The van der Waals surface area contributed by atoms with Crippen molar-refractivity contribution in [2.75, 3.05) is 12.9 Å². The molecule has 0 rings (SSSR count). The van der Waals surface area contributed by atoms with Crippen molar-refractivity contribution in [3.8, 4) is 0 Å². The van der Waals surface area contributed by atoms with Crippen molar-refractivity contribution in [2.45, 2.75) is 32.9 Å². The highest BCUT2D eigenvalue weighted by atomic mass is 32.2. The van der Waals surface area contributed by atoms with Gasteiger partial charge in [0, 0.05) is 12.7 Å². The molecule has 0 aromatic rings. The highest BCUT2D eigenvalue weighted by Gasteiger charge is 2.24. The van der Waals surface area contributed by atoms with Crippen LogP contribution in [0.3, 0.4) is 0 Å². The van der Waals surface area contributed by atoms with Crippen LogP contribution in [0, 0.1) is 5.92 Å². The summed E-state index contributed by atoms with van der Waals surface area (Å²) in [5.41, 5.74) is 5.68. The zero-order valence-corrected chi connectivity index (χ0v) is 11.9. The maximum absolute atomic E-state index is 11.7. The summed E-state index contributed by atoms with van der Waals surface area (Å²) in [6.45, 7) is 4.98. The Balaban J connectivity index is 4.39. The summed E-state index contributed by atoms with van der Waals surface area (Å²) in [5.74, 6) is -0.788. The molecule has 2 unspecified atom stereocenters. The number of nitrogens with one attached hydrogen (secondary N) is 1. The monoisotopic (exact) mass is 276 g/mol. The molecular weight excluding hydrogens is 256 g/mol. The smallest absolute Gasteiger partial charge is 0.329 e. The van der Waals surface area contributed by atoms with E-state index in [9.17, 15) is 14.4 Å². The number of thioether (sulfide) groups is 1. The molecule has 18 heavy (non-hydrogen) atoms. The van der Waals surface area contributed by atoms with Crippen LogP contribution in [0.4, 0.5) is 0 Å². The molecule has 3 N–H and O–H groups in total. The number of carbonyl (C=O) groups excluding carboxylic acids is 3. The highest BCUT2D eigenvalue weighted by Crippen LogP contribution is 2.12. The van der Waals surface area contributed by atoms with Crippen LogP contribution in [-0.4, -0.2) is 41.9 Å². The predicted molar refractivity (Wildman–Crippen MR) is 69.9 cm³/mol. The Kier molecular flexibility index (Phi) is 7.61. The van der Waals surface area contributed by atoms with Crippen LogP contribution in [0.15, 0.2) is 0 Å². The summed E-state index contributed by atoms with van der Waals surface area (Å²) in [5, 5.41) is 2.22. The van der Waals surface area contributed by atoms with Crippen molar-refractivity contribution < 1.29 is 19.1 Å². The lowest BCUT2D eigenvalue weighted by Gasteiger charge is -2.17. The third-order valence-electron chi connectivity index (χ3n) is 2.25. The Labute approximate surface area is 111 Å². The van der Waals surface area contributed by atoms with E-state index >= 15 is 0 Å². The molecule has 6 nitrogen and oxygen atoms in total. The molecule has 1 amide bonds. The van der Waals surface area contributed by atoms with E-state index in [1.165, 1.54) is 14.0 Å². The first kappa shape index (κ1) is 16.9. The van der Waals surface area contributed by atoms with Gasteiger partial charge in [-0.05, 0) is 5.92 Å². The summed E-state index contributed by atoms with van der Waals surface area (Å²) in [7, 11) is 1.23. The third-order valence-corrected chi connectivity index (χ3v) is 3.30. The van der Waals surface area contributed by atoms with Gasteiger partial charge in [-0.3, -0.25) is 9.59 Å². The normalized spacial score (nSPS) is 13.9. The van der Waals surface area contributed by atoms with Crippen LogP contribution in [-0.2, 0) is 19.1 Å². The lowest BCUT2D eigenvalue weighted by molar-refractivity contribution is -0.144. The summed E-state index contributed by atoms with van der Waals surface area (Å²) < 4.78 is 4.54. The van der Waals surface area contributed by atoms with Crippen molar-refractivity contribution in [1.82, 2.24) is 5.32 Å². The minimum atomic E-state index is -0.833. The number of nitrogens with two attached hydrogens (primary N) is 1. The van der Waals surface area contributed by atoms with Gasteiger partial charge in [0.1, 0.15) is 6.04 Å². The van der Waals surface area contributed by atoms with Crippen LogP contribution >= 0.6 is 11.8 Å². The van der Waals surface area contributed by atoms with Crippen molar-refractivity contribution in [3.05, 3.63) is 0 Å². The molecule has 7 heteroatoms. The van der Waals surface area contributed by atoms with Crippen molar-refractivity contribution in [3.63, 3.8) is 0 Å². The van der Waals surface area contributed by atoms with Crippen LogP contribution in [0.2, 0.25) is 0 Å². The molecule has 0 aliphatic rings. The first-order valence-electron chi connectivity index (χ1n) is 5.56. The maximum Gasteiger partial charge on any atom is 0.329 e. The van der Waals surface area contributed by atoms with E-state index < -0.39 is 18.1 Å². The van der Waals surface area contributed by atoms with E-state index in [0.29, 0.717) is 0 Å². The largest absolute Gasteiger partial charge is 0.467 e. The second kappa shape index (κ2) is 8.10. The van der Waals surface area contributed by atoms with E-state index in [1.807, 2.05) is 13.8 Å². The maximum atomic E-state index is 11.7. The van der Waals surface area contributed by atoms with Gasteiger partial charge in [-0.25, -0.2) is 4.79 Å². The standard InChI is InChI=1S/C11H20N2O4S/c1-6(2)9(12)11(16)18-5-8(10(15)17-4)13-7(3)14/h6,8-9H,5,12H2,1-4H3,(H,13,14). The van der Waals surface area contributed by atoms with Crippen molar-refractivity contribution in [2.24, 2.45) is 11.7 Å². The molecule has 0 aromatic heterocycles. The SMILES string of the molecule is COC(=O)C(CSC(=O)C(N)C(C)C)NC(C)=O. The van der Waals surface area contributed by atoms with Gasteiger partial charge in [0.05, 0.1) is 13.2 Å². The fraction of sp³-hybridized carbons (Fsp3) is 0.727. The summed E-state index contributed by atoms with van der Waals surface area (Å²) in [6.07, 6.45) is 0. The van der Waals surface area contributed by atoms with E-state index in [1.54, 1.807) is 0 Å². The Morgan fingerprint density at radius 1 is 1.33 bits per heavy atom. The Morgan fingerprint density at radius 3 is 2.28 bits per heavy atom. The number of esters is 1. The van der Waals surface area contributed by atoms with Gasteiger partial charge >= 0.3 is 5.97 Å². The van der Waals surface area contributed by atoms with Crippen molar-refractivity contribution >= 4 is 28.8 Å². The lowest BCUT2D eigenvalue weighted by atomic mass is 10.1. The molecule has 0 saturated heterocycles. The molecule has 0 aliphatic heterocycles. The average molecular weight is 276 g/mol. The van der Waals surface area contributed by atoms with Gasteiger partial charge < -0.3 is 15.8 Å². The molecule has 0 spiro atoms. The van der Waals surface area contributed by atoms with E-state index in [4.69, 9.17) is 5.73 Å². The van der Waals surface area contributed by atoms with Crippen LogP contribution in [0.5, 0.6) is 0 Å². The van der Waals surface area contributed by atoms with Gasteiger partial charge in [0.2, 0.25) is 11.0 Å². The Bertz CT molecular complexity index is 320. The molecule has 0 bridgehead atoms. The Hall–Kier alpha value is -1.08. The van der Waals surface area contributed by atoms with E-state index in [2.05, 4.69) is 10.1 Å². The van der Waals surface area contributed by atoms with Crippen LogP contribution in [0.1, 0.15) is 20.8 Å². The molecular formula is C11H20N2O4S. The fourth-order valence-corrected chi connectivity index (χ4v) is 2.11. The number of methoxy groups -OCH3 is 1. The molecule has 0 aromatic carbocycles. The Morgan fingerprint density at radius 2 is 1.89 bits per heavy atom.